The van der Waals surface area contributed by atoms with Crippen LogP contribution in [0, 0.1) is 0 Å². The lowest BCUT2D eigenvalue weighted by Gasteiger charge is -2.17. The van der Waals surface area contributed by atoms with E-state index in [0.29, 0.717) is 0 Å². The van der Waals surface area contributed by atoms with Gasteiger partial charge < -0.3 is 15.1 Å². The monoisotopic (exact) mass is 267 g/mol. The number of carboxylic acid groups (broad SMARTS) is 1. The topological polar surface area (TPSA) is 95.7 Å². The maximum atomic E-state index is 11.8. The van der Waals surface area contributed by atoms with E-state index in [1.54, 1.807) is 6.20 Å². The van der Waals surface area contributed by atoms with Gasteiger partial charge in [-0.05, 0) is 12.8 Å². The van der Waals surface area contributed by atoms with Crippen molar-refractivity contribution in [3.05, 3.63) is 22.6 Å². The first kappa shape index (κ1) is 13.5. The molecule has 0 aliphatic carbocycles. The molecule has 0 radical (unpaired) electrons. The Bertz CT molecular complexity index is 508. The van der Waals surface area contributed by atoms with Crippen LogP contribution in [0.3, 0.4) is 0 Å². The first-order valence-electron chi connectivity index (χ1n) is 6.28. The predicted molar refractivity (Wildman–Crippen MR) is 68.2 cm³/mol. The molecule has 1 saturated heterocycles. The lowest BCUT2D eigenvalue weighted by molar-refractivity contribution is -0.139. The number of aliphatic carboxylic acids is 1. The van der Waals surface area contributed by atoms with E-state index in [0.717, 1.165) is 36.3 Å². The molecule has 1 fully saturated rings. The van der Waals surface area contributed by atoms with Gasteiger partial charge >= 0.3 is 5.97 Å². The van der Waals surface area contributed by atoms with Crippen LogP contribution in [0.4, 0.5) is 5.69 Å². The molecule has 19 heavy (non-hydrogen) atoms. The van der Waals surface area contributed by atoms with E-state index in [9.17, 15) is 14.7 Å². The van der Waals surface area contributed by atoms with Gasteiger partial charge in [-0.25, -0.2) is 4.68 Å². The van der Waals surface area contributed by atoms with Crippen LogP contribution in [0.1, 0.15) is 19.3 Å². The van der Waals surface area contributed by atoms with Crippen molar-refractivity contribution in [2.75, 3.05) is 18.0 Å². The van der Waals surface area contributed by atoms with E-state index in [2.05, 4.69) is 10.00 Å². The average molecular weight is 267 g/mol. The van der Waals surface area contributed by atoms with Crippen LogP contribution in [0.15, 0.2) is 17.1 Å². The predicted octanol–water partition coefficient (Wildman–Crippen LogP) is -0.321. The van der Waals surface area contributed by atoms with Gasteiger partial charge in [0.2, 0.25) is 0 Å². The number of nitrogens with zero attached hydrogens (tertiary/aromatic N) is 3. The molecule has 1 aromatic heterocycles. The Hall–Kier alpha value is -1.89. The Morgan fingerprint density at radius 2 is 2.11 bits per heavy atom. The van der Waals surface area contributed by atoms with Gasteiger partial charge in [-0.15, -0.1) is 0 Å². The average Bonchev–Trinajstić information content (AvgIpc) is 2.84. The minimum atomic E-state index is -1.11. The Balaban J connectivity index is 2.06. The number of carbonyl (C=O) groups is 1. The molecule has 1 aromatic rings. The number of hydrogen-bond acceptors (Lipinski definition) is 5. The smallest absolute Gasteiger partial charge is 0.306 e. The number of aromatic nitrogens is 2. The highest BCUT2D eigenvalue weighted by atomic mass is 16.4. The minimum Gasteiger partial charge on any atom is -0.481 e. The molecular formula is C12H17N3O4. The zero-order valence-corrected chi connectivity index (χ0v) is 10.5. The van der Waals surface area contributed by atoms with Crippen LogP contribution >= 0.6 is 0 Å². The van der Waals surface area contributed by atoms with Gasteiger partial charge in [-0.2, -0.15) is 5.10 Å². The first-order valence-corrected chi connectivity index (χ1v) is 6.28. The fourth-order valence-electron chi connectivity index (χ4n) is 2.18. The summed E-state index contributed by atoms with van der Waals surface area (Å²) in [7, 11) is 0. The molecule has 2 rings (SSSR count). The van der Waals surface area contributed by atoms with E-state index < -0.39 is 18.5 Å². The quantitative estimate of drug-likeness (QED) is 0.759. The molecule has 0 aromatic carbocycles. The minimum absolute atomic E-state index is 0.106. The Morgan fingerprint density at radius 3 is 2.68 bits per heavy atom. The molecule has 1 aliphatic heterocycles. The lowest BCUT2D eigenvalue weighted by atomic mass is 10.2. The third-order valence-corrected chi connectivity index (χ3v) is 3.12. The summed E-state index contributed by atoms with van der Waals surface area (Å²) in [5.41, 5.74) is 0.459. The van der Waals surface area contributed by atoms with Crippen molar-refractivity contribution in [2.45, 2.75) is 31.9 Å². The van der Waals surface area contributed by atoms with Gasteiger partial charge in [-0.1, -0.05) is 0 Å². The highest BCUT2D eigenvalue weighted by Gasteiger charge is 2.15. The maximum Gasteiger partial charge on any atom is 0.306 e. The van der Waals surface area contributed by atoms with E-state index >= 15 is 0 Å². The SMILES string of the molecule is O=C(O)CC(O)Cn1ncc(N2CCCC2)cc1=O. The molecule has 0 spiro atoms. The molecule has 1 atom stereocenters. The number of hydrogen-bond donors (Lipinski definition) is 2. The number of anilines is 1. The fraction of sp³-hybridized carbons (Fsp3) is 0.583. The van der Waals surface area contributed by atoms with Crippen LogP contribution in [0.5, 0.6) is 0 Å². The Labute approximate surface area is 110 Å². The van der Waals surface area contributed by atoms with E-state index in [4.69, 9.17) is 5.11 Å². The van der Waals surface area contributed by atoms with E-state index in [-0.39, 0.29) is 12.1 Å². The summed E-state index contributed by atoms with van der Waals surface area (Å²) in [6, 6.07) is 1.48. The summed E-state index contributed by atoms with van der Waals surface area (Å²) in [4.78, 5) is 24.4. The van der Waals surface area contributed by atoms with Crippen LogP contribution in [-0.2, 0) is 11.3 Å². The van der Waals surface area contributed by atoms with Gasteiger partial charge in [0, 0.05) is 19.2 Å². The molecule has 0 amide bonds. The molecule has 1 aliphatic rings. The van der Waals surface area contributed by atoms with Gasteiger partial charge in [-0.3, -0.25) is 9.59 Å². The molecule has 7 nitrogen and oxygen atoms in total. The van der Waals surface area contributed by atoms with Crippen LogP contribution in [-0.4, -0.2) is 45.2 Å². The fourth-order valence-corrected chi connectivity index (χ4v) is 2.18. The second-order valence-electron chi connectivity index (χ2n) is 4.68. The normalized spacial score (nSPS) is 16.6. The number of aliphatic hydroxyl groups is 1. The highest BCUT2D eigenvalue weighted by molar-refractivity contribution is 5.67. The van der Waals surface area contributed by atoms with Crippen molar-refractivity contribution in [1.82, 2.24) is 9.78 Å². The molecule has 104 valence electrons. The van der Waals surface area contributed by atoms with Gasteiger partial charge in [0.1, 0.15) is 0 Å². The van der Waals surface area contributed by atoms with Crippen molar-refractivity contribution in [3.8, 4) is 0 Å². The van der Waals surface area contributed by atoms with Crippen molar-refractivity contribution in [2.24, 2.45) is 0 Å². The zero-order chi connectivity index (χ0) is 13.8. The number of aliphatic hydroxyl groups excluding tert-OH is 1. The lowest BCUT2D eigenvalue weighted by Crippen LogP contribution is -2.31. The van der Waals surface area contributed by atoms with E-state index in [1.165, 1.54) is 6.07 Å². The van der Waals surface area contributed by atoms with Crippen LogP contribution < -0.4 is 10.5 Å². The molecule has 2 heterocycles. The number of carboxylic acids is 1. The molecule has 1 unspecified atom stereocenters. The zero-order valence-electron chi connectivity index (χ0n) is 10.5. The Morgan fingerprint density at radius 1 is 1.42 bits per heavy atom. The summed E-state index contributed by atoms with van der Waals surface area (Å²) in [5.74, 6) is -1.10. The van der Waals surface area contributed by atoms with Gasteiger partial charge in [0.25, 0.3) is 5.56 Å². The molecule has 0 bridgehead atoms. The third-order valence-electron chi connectivity index (χ3n) is 3.12. The number of rotatable bonds is 5. The summed E-state index contributed by atoms with van der Waals surface area (Å²) in [6.07, 6.45) is 2.29. The highest BCUT2D eigenvalue weighted by Crippen LogP contribution is 2.16. The van der Waals surface area contributed by atoms with Gasteiger partial charge in [0.05, 0.1) is 31.0 Å². The molecule has 0 saturated carbocycles. The molecule has 2 N–H and O–H groups in total. The molecule has 7 heteroatoms. The van der Waals surface area contributed by atoms with Crippen LogP contribution in [0.2, 0.25) is 0 Å². The summed E-state index contributed by atoms with van der Waals surface area (Å²) in [5, 5.41) is 22.0. The van der Waals surface area contributed by atoms with Crippen molar-refractivity contribution in [1.29, 1.82) is 0 Å². The second kappa shape index (κ2) is 5.83. The summed E-state index contributed by atoms with van der Waals surface area (Å²) >= 11 is 0. The van der Waals surface area contributed by atoms with Crippen molar-refractivity contribution >= 4 is 11.7 Å². The maximum absolute atomic E-state index is 11.8. The van der Waals surface area contributed by atoms with Crippen LogP contribution in [0.25, 0.3) is 0 Å². The summed E-state index contributed by atoms with van der Waals surface area (Å²) < 4.78 is 1.09. The second-order valence-corrected chi connectivity index (χ2v) is 4.68. The molecular weight excluding hydrogens is 250 g/mol. The largest absolute Gasteiger partial charge is 0.481 e. The van der Waals surface area contributed by atoms with Gasteiger partial charge in [0.15, 0.2) is 0 Å². The van der Waals surface area contributed by atoms with Crippen molar-refractivity contribution < 1.29 is 15.0 Å². The Kier molecular flexibility index (Phi) is 4.16. The first-order chi connectivity index (χ1) is 9.06. The summed E-state index contributed by atoms with van der Waals surface area (Å²) in [6.45, 7) is 1.74. The van der Waals surface area contributed by atoms with Crippen molar-refractivity contribution in [3.63, 3.8) is 0 Å². The third kappa shape index (κ3) is 3.54. The van der Waals surface area contributed by atoms with E-state index in [1.807, 2.05) is 0 Å². The standard InChI is InChI=1S/C12H17N3O4/c16-10(6-12(18)19)8-15-11(17)5-9(7-13-15)14-3-1-2-4-14/h5,7,10,16H,1-4,6,8H2,(H,18,19).